The van der Waals surface area contributed by atoms with Crippen LogP contribution in [0, 0.1) is 0 Å². The van der Waals surface area contributed by atoms with Crippen LogP contribution < -0.4 is 0 Å². The molecule has 0 amide bonds. The van der Waals surface area contributed by atoms with Crippen molar-refractivity contribution in [2.24, 2.45) is 0 Å². The third-order valence-corrected chi connectivity index (χ3v) is 2.53. The van der Waals surface area contributed by atoms with E-state index >= 15 is 0 Å². The Bertz CT molecular complexity index is 117. The van der Waals surface area contributed by atoms with E-state index in [1.165, 1.54) is 0 Å². The number of hydrogen-bond acceptors (Lipinski definition) is 6. The summed E-state index contributed by atoms with van der Waals surface area (Å²) in [6, 6.07) is 0. The van der Waals surface area contributed by atoms with Crippen molar-refractivity contribution in [1.82, 2.24) is 30.9 Å². The Balaban J connectivity index is 2.00. The normalized spacial score (nSPS) is 67.5. The minimum atomic E-state index is 0.736. The molecule has 0 aliphatic carbocycles. The first-order valence-corrected chi connectivity index (χ1v) is 2.77. The van der Waals surface area contributed by atoms with E-state index < -0.39 is 0 Å². The van der Waals surface area contributed by atoms with Crippen LogP contribution in [0.1, 0.15) is 0 Å². The van der Waals surface area contributed by atoms with Crippen LogP contribution in [0.15, 0.2) is 0 Å². The van der Waals surface area contributed by atoms with Crippen molar-refractivity contribution in [1.29, 1.82) is 0 Å². The summed E-state index contributed by atoms with van der Waals surface area (Å²) in [6.45, 7) is 0. The van der Waals surface area contributed by atoms with Gasteiger partial charge in [0.05, 0.1) is 0 Å². The summed E-state index contributed by atoms with van der Waals surface area (Å²) in [5, 5.41) is 13.2. The maximum absolute atomic E-state index is 2.24. The van der Waals surface area contributed by atoms with Crippen molar-refractivity contribution in [3.8, 4) is 0 Å². The predicted molar refractivity (Wildman–Crippen MR) is 18.6 cm³/mol. The molecule has 0 N–H and O–H groups in total. The highest BCUT2D eigenvalue weighted by Crippen LogP contribution is 2.71. The van der Waals surface area contributed by atoms with E-state index in [9.17, 15) is 0 Å². The lowest BCUT2D eigenvalue weighted by Crippen LogP contribution is -3.29. The van der Waals surface area contributed by atoms with Crippen LogP contribution in [0.25, 0.3) is 0 Å². The molecular weight excluding hydrogens is 108 g/mol. The van der Waals surface area contributed by atoms with Crippen molar-refractivity contribution in [3.63, 3.8) is 0 Å². The summed E-state index contributed by atoms with van der Waals surface area (Å²) in [4.78, 5) is 0. The molecule has 6 nitrogen and oxygen atoms in total. The topological polar surface area (TPSA) is 19.4 Å². The van der Waals surface area contributed by atoms with Gasteiger partial charge in [0.1, 0.15) is 0 Å². The molecule has 6 aliphatic rings. The molecule has 6 heterocycles. The lowest BCUT2D eigenvalue weighted by Gasteiger charge is -3.02. The zero-order valence-electron chi connectivity index (χ0n) is 3.84. The van der Waals surface area contributed by atoms with Gasteiger partial charge in [0.2, 0.25) is 0 Å². The van der Waals surface area contributed by atoms with Crippen LogP contribution in [-0.2, 0) is 0 Å². The Morgan fingerprint density at radius 3 is 1.12 bits per heavy atom. The smallest absolute Gasteiger partial charge is 0.100 e. The summed E-state index contributed by atoms with van der Waals surface area (Å²) in [6.07, 6.45) is 1.47. The third-order valence-electron chi connectivity index (χ3n) is 2.53. The van der Waals surface area contributed by atoms with Gasteiger partial charge in [0.15, 0.2) is 12.3 Å². The van der Waals surface area contributed by atoms with Crippen LogP contribution in [-0.4, -0.2) is 43.3 Å². The molecule has 0 unspecified atom stereocenters. The summed E-state index contributed by atoms with van der Waals surface area (Å²) >= 11 is 0. The van der Waals surface area contributed by atoms with Gasteiger partial charge in [-0.1, -0.05) is 0 Å². The fraction of sp³-hybridized carbons (Fsp3) is 1.00. The Hall–Kier alpha value is -0.240. The predicted octanol–water partition coefficient (Wildman–Crippen LogP) is -2.08. The Labute approximate surface area is 44.4 Å². The fourth-order valence-electron chi connectivity index (χ4n) is 2.12. The molecular formula is C2H2N6. The highest BCUT2D eigenvalue weighted by atomic mass is 16.7. The zero-order valence-corrected chi connectivity index (χ0v) is 3.84. The molecule has 0 aromatic carbocycles. The van der Waals surface area contributed by atoms with Crippen molar-refractivity contribution in [2.75, 3.05) is 0 Å². The minimum Gasteiger partial charge on any atom is -0.100 e. The van der Waals surface area contributed by atoms with Gasteiger partial charge in [-0.05, 0) is 10.5 Å². The Morgan fingerprint density at radius 2 is 1.00 bits per heavy atom. The molecule has 0 radical (unpaired) electrons. The molecule has 0 aromatic heterocycles. The average Bonchev–Trinajstić information content (AvgIpc) is 1.90. The van der Waals surface area contributed by atoms with Crippen LogP contribution in [0.4, 0.5) is 0 Å². The van der Waals surface area contributed by atoms with Crippen molar-refractivity contribution >= 4 is 0 Å². The van der Waals surface area contributed by atoms with E-state index in [0.29, 0.717) is 0 Å². The summed E-state index contributed by atoms with van der Waals surface area (Å²) in [5.41, 5.74) is 0. The highest BCUT2D eigenvalue weighted by Gasteiger charge is 2.99. The van der Waals surface area contributed by atoms with Crippen LogP contribution in [0.3, 0.4) is 0 Å². The zero-order chi connectivity index (χ0) is 4.62. The number of hydrazine groups is 7. The van der Waals surface area contributed by atoms with Crippen LogP contribution >= 0.6 is 0 Å². The lowest BCUT2D eigenvalue weighted by molar-refractivity contribution is -0.988. The molecule has 0 aromatic rings. The first-order chi connectivity index (χ1) is 4.00. The van der Waals surface area contributed by atoms with E-state index in [1.807, 2.05) is 0 Å². The van der Waals surface area contributed by atoms with Gasteiger partial charge in [-0.3, -0.25) is 0 Å². The minimum absolute atomic E-state index is 0.736. The van der Waals surface area contributed by atoms with E-state index in [1.54, 1.807) is 0 Å². The van der Waals surface area contributed by atoms with Gasteiger partial charge in [-0.25, -0.2) is 0 Å². The van der Waals surface area contributed by atoms with Gasteiger partial charge in [-0.15, -0.1) is 20.5 Å². The molecule has 6 aliphatic heterocycles. The van der Waals surface area contributed by atoms with Crippen LogP contribution in [0.2, 0.25) is 0 Å². The van der Waals surface area contributed by atoms with E-state index in [2.05, 4.69) is 30.9 Å². The average molecular weight is 110 g/mol. The van der Waals surface area contributed by atoms with Gasteiger partial charge in [-0.2, -0.15) is 0 Å². The van der Waals surface area contributed by atoms with Gasteiger partial charge in [0.25, 0.3) is 0 Å². The first-order valence-electron chi connectivity index (χ1n) is 2.77. The van der Waals surface area contributed by atoms with E-state index in [0.717, 1.165) is 12.3 Å². The monoisotopic (exact) mass is 110 g/mol. The van der Waals surface area contributed by atoms with Gasteiger partial charge < -0.3 is 0 Å². The number of rotatable bonds is 0. The summed E-state index contributed by atoms with van der Waals surface area (Å²) < 4.78 is 0. The largest absolute Gasteiger partial charge is 0.164 e. The molecule has 8 heavy (non-hydrogen) atoms. The first kappa shape index (κ1) is 2.56. The SMILES string of the molecule is C12C3N4N1N1N2N3N41. The highest BCUT2D eigenvalue weighted by molar-refractivity contribution is 5.14. The maximum atomic E-state index is 2.24. The fourth-order valence-corrected chi connectivity index (χ4v) is 2.12. The van der Waals surface area contributed by atoms with Crippen molar-refractivity contribution in [2.45, 2.75) is 12.3 Å². The summed E-state index contributed by atoms with van der Waals surface area (Å²) in [5.74, 6) is 0. The lowest BCUT2D eigenvalue weighted by atomic mass is 10.1. The molecule has 0 saturated carbocycles. The summed E-state index contributed by atoms with van der Waals surface area (Å²) in [7, 11) is 0. The molecule has 0 atom stereocenters. The van der Waals surface area contributed by atoms with E-state index in [4.69, 9.17) is 0 Å². The maximum Gasteiger partial charge on any atom is 0.164 e. The number of nitrogens with zero attached hydrogens (tertiary/aromatic N) is 6. The second-order valence-electron chi connectivity index (χ2n) is 2.65. The Morgan fingerprint density at radius 1 is 0.625 bits per heavy atom. The Kier molecular flexibility index (Phi) is 0.127. The van der Waals surface area contributed by atoms with Crippen molar-refractivity contribution < 1.29 is 0 Å². The molecule has 0 spiro atoms. The third kappa shape index (κ3) is 0.0572. The molecule has 40 valence electrons. The number of hydrogen-bond donors (Lipinski definition) is 0. The molecule has 6 saturated heterocycles. The molecule has 0 bridgehead atoms. The second kappa shape index (κ2) is 0.397. The van der Waals surface area contributed by atoms with Crippen LogP contribution in [0.5, 0.6) is 0 Å². The van der Waals surface area contributed by atoms with Gasteiger partial charge >= 0.3 is 0 Å². The standard InChI is InChI=1S/C2H2N6/c1-2-5-3(1)7-4(1)6(2)8(5)7/h1-2H. The quantitative estimate of drug-likeness (QED) is 0.354. The van der Waals surface area contributed by atoms with Gasteiger partial charge in [0, 0.05) is 0 Å². The second-order valence-corrected chi connectivity index (χ2v) is 2.65. The van der Waals surface area contributed by atoms with E-state index in [-0.39, 0.29) is 0 Å². The molecule has 6 fully saturated rings. The molecule has 6 rings (SSSR count). The molecule has 6 heteroatoms. The van der Waals surface area contributed by atoms with Crippen molar-refractivity contribution in [3.05, 3.63) is 0 Å².